The van der Waals surface area contributed by atoms with Crippen molar-refractivity contribution in [1.29, 1.82) is 0 Å². The third-order valence-electron chi connectivity index (χ3n) is 3.89. The van der Waals surface area contributed by atoms with Gasteiger partial charge in [-0.05, 0) is 37.5 Å². The summed E-state index contributed by atoms with van der Waals surface area (Å²) in [4.78, 5) is 0. The number of methoxy groups -OCH3 is 1. The summed E-state index contributed by atoms with van der Waals surface area (Å²) in [5.74, 6) is 1.27. The Labute approximate surface area is 109 Å². The molecular formula is C15H23NO2. The van der Waals surface area contributed by atoms with Gasteiger partial charge in [-0.3, -0.25) is 0 Å². The van der Waals surface area contributed by atoms with Crippen LogP contribution in [-0.2, 0) is 0 Å². The maximum atomic E-state index is 10.1. The van der Waals surface area contributed by atoms with Crippen molar-refractivity contribution in [3.8, 4) is 5.75 Å². The van der Waals surface area contributed by atoms with E-state index in [1.165, 1.54) is 5.56 Å². The summed E-state index contributed by atoms with van der Waals surface area (Å²) in [6, 6.07) is 8.83. The second-order valence-corrected chi connectivity index (χ2v) is 5.18. The predicted molar refractivity (Wildman–Crippen MR) is 73.0 cm³/mol. The summed E-state index contributed by atoms with van der Waals surface area (Å²) in [6.45, 7) is 4.21. The lowest BCUT2D eigenvalue weighted by molar-refractivity contribution is 0.123. The number of aliphatic hydroxyl groups is 1. The van der Waals surface area contributed by atoms with Crippen molar-refractivity contribution >= 4 is 0 Å². The molecule has 0 saturated carbocycles. The molecule has 4 atom stereocenters. The molecule has 1 aliphatic rings. The van der Waals surface area contributed by atoms with Crippen molar-refractivity contribution in [3.05, 3.63) is 29.8 Å². The summed E-state index contributed by atoms with van der Waals surface area (Å²) in [7, 11) is 1.68. The summed E-state index contributed by atoms with van der Waals surface area (Å²) in [5.41, 5.74) is 1.28. The van der Waals surface area contributed by atoms with E-state index < -0.39 is 0 Å². The standard InChI is InChI=1S/C15H23NO2/c1-4-14(17)15-13(9-10(2)16-15)11-5-7-12(18-3)8-6-11/h5-8,10,13-17H,4,9H2,1-3H3/t10-,13-,14+,15+/m0/s1. The Kier molecular flexibility index (Phi) is 4.25. The smallest absolute Gasteiger partial charge is 0.118 e. The van der Waals surface area contributed by atoms with E-state index in [1.54, 1.807) is 7.11 Å². The molecule has 0 aromatic heterocycles. The maximum Gasteiger partial charge on any atom is 0.118 e. The molecular weight excluding hydrogens is 226 g/mol. The Hall–Kier alpha value is -1.06. The minimum Gasteiger partial charge on any atom is -0.497 e. The van der Waals surface area contributed by atoms with Crippen LogP contribution in [0.25, 0.3) is 0 Å². The van der Waals surface area contributed by atoms with Gasteiger partial charge in [0.25, 0.3) is 0 Å². The highest BCUT2D eigenvalue weighted by Crippen LogP contribution is 2.33. The van der Waals surface area contributed by atoms with E-state index in [1.807, 2.05) is 19.1 Å². The lowest BCUT2D eigenvalue weighted by atomic mass is 9.87. The van der Waals surface area contributed by atoms with Crippen molar-refractivity contribution in [2.45, 2.75) is 50.8 Å². The normalized spacial score (nSPS) is 29.2. The average molecular weight is 249 g/mol. The van der Waals surface area contributed by atoms with Gasteiger partial charge in [-0.2, -0.15) is 0 Å². The number of benzene rings is 1. The first-order valence-corrected chi connectivity index (χ1v) is 6.73. The zero-order chi connectivity index (χ0) is 13.1. The number of hydrogen-bond acceptors (Lipinski definition) is 3. The van der Waals surface area contributed by atoms with E-state index in [2.05, 4.69) is 24.4 Å². The van der Waals surface area contributed by atoms with E-state index in [0.29, 0.717) is 12.0 Å². The molecule has 2 rings (SSSR count). The van der Waals surface area contributed by atoms with Crippen LogP contribution in [0.15, 0.2) is 24.3 Å². The van der Waals surface area contributed by atoms with E-state index in [0.717, 1.165) is 18.6 Å². The predicted octanol–water partition coefficient (Wildman–Crippen LogP) is 2.30. The molecule has 1 aromatic carbocycles. The van der Waals surface area contributed by atoms with E-state index in [9.17, 15) is 5.11 Å². The zero-order valence-corrected chi connectivity index (χ0v) is 11.4. The largest absolute Gasteiger partial charge is 0.497 e. The SMILES string of the molecule is CC[C@@H](O)[C@@H]1N[C@@H](C)C[C@H]1c1ccc(OC)cc1. The van der Waals surface area contributed by atoms with E-state index in [4.69, 9.17) is 4.74 Å². The van der Waals surface area contributed by atoms with Crippen molar-refractivity contribution in [1.82, 2.24) is 5.32 Å². The van der Waals surface area contributed by atoms with E-state index in [-0.39, 0.29) is 12.1 Å². The molecule has 1 saturated heterocycles. The summed E-state index contributed by atoms with van der Waals surface area (Å²) in [6.07, 6.45) is 1.59. The van der Waals surface area contributed by atoms with E-state index >= 15 is 0 Å². The fourth-order valence-electron chi connectivity index (χ4n) is 2.87. The number of aliphatic hydroxyl groups excluding tert-OH is 1. The molecule has 0 aliphatic carbocycles. The molecule has 0 unspecified atom stereocenters. The van der Waals surface area contributed by atoms with Gasteiger partial charge in [0.05, 0.1) is 13.2 Å². The summed E-state index contributed by atoms with van der Waals surface area (Å²) < 4.78 is 5.18. The highest BCUT2D eigenvalue weighted by molar-refractivity contribution is 5.31. The molecule has 0 radical (unpaired) electrons. The van der Waals surface area contributed by atoms with Crippen LogP contribution < -0.4 is 10.1 Å². The lowest BCUT2D eigenvalue weighted by Crippen LogP contribution is -2.39. The fraction of sp³-hybridized carbons (Fsp3) is 0.600. The van der Waals surface area contributed by atoms with Crippen LogP contribution in [0.5, 0.6) is 5.75 Å². The Morgan fingerprint density at radius 1 is 1.39 bits per heavy atom. The third-order valence-corrected chi connectivity index (χ3v) is 3.89. The summed E-state index contributed by atoms with van der Waals surface area (Å²) >= 11 is 0. The Morgan fingerprint density at radius 2 is 2.06 bits per heavy atom. The maximum absolute atomic E-state index is 10.1. The van der Waals surface area contributed by atoms with Gasteiger partial charge >= 0.3 is 0 Å². The molecule has 1 fully saturated rings. The van der Waals surface area contributed by atoms with Gasteiger partial charge in [-0.15, -0.1) is 0 Å². The molecule has 1 heterocycles. The molecule has 0 amide bonds. The van der Waals surface area contributed by atoms with Crippen LogP contribution >= 0.6 is 0 Å². The lowest BCUT2D eigenvalue weighted by Gasteiger charge is -2.24. The van der Waals surface area contributed by atoms with Crippen LogP contribution in [0.1, 0.15) is 38.2 Å². The zero-order valence-electron chi connectivity index (χ0n) is 11.4. The highest BCUT2D eigenvalue weighted by Gasteiger charge is 2.36. The monoisotopic (exact) mass is 249 g/mol. The second kappa shape index (κ2) is 5.72. The van der Waals surface area contributed by atoms with Crippen molar-refractivity contribution in [2.75, 3.05) is 7.11 Å². The van der Waals surface area contributed by atoms with Crippen molar-refractivity contribution < 1.29 is 9.84 Å². The molecule has 3 heteroatoms. The first kappa shape index (κ1) is 13.4. The molecule has 0 bridgehead atoms. The Balaban J connectivity index is 2.18. The van der Waals surface area contributed by atoms with Crippen molar-refractivity contribution in [3.63, 3.8) is 0 Å². The molecule has 100 valence electrons. The quantitative estimate of drug-likeness (QED) is 0.860. The molecule has 1 aromatic rings. The van der Waals surface area contributed by atoms with Crippen LogP contribution in [0, 0.1) is 0 Å². The number of rotatable bonds is 4. The second-order valence-electron chi connectivity index (χ2n) is 5.18. The van der Waals surface area contributed by atoms with Gasteiger partial charge in [0.2, 0.25) is 0 Å². The highest BCUT2D eigenvalue weighted by atomic mass is 16.5. The minimum atomic E-state index is -0.276. The molecule has 0 spiro atoms. The van der Waals surface area contributed by atoms with Crippen molar-refractivity contribution in [2.24, 2.45) is 0 Å². The van der Waals surface area contributed by atoms with Crippen LogP contribution in [0.4, 0.5) is 0 Å². The molecule has 18 heavy (non-hydrogen) atoms. The third kappa shape index (κ3) is 2.68. The first-order chi connectivity index (χ1) is 8.65. The van der Waals surface area contributed by atoms with Crippen LogP contribution in [0.3, 0.4) is 0 Å². The topological polar surface area (TPSA) is 41.5 Å². The van der Waals surface area contributed by atoms with Gasteiger partial charge in [0.15, 0.2) is 0 Å². The molecule has 2 N–H and O–H groups in total. The summed E-state index contributed by atoms with van der Waals surface area (Å²) in [5, 5.41) is 13.6. The van der Waals surface area contributed by atoms with Crippen LogP contribution in [0.2, 0.25) is 0 Å². The van der Waals surface area contributed by atoms with Gasteiger partial charge in [0, 0.05) is 18.0 Å². The molecule has 1 aliphatic heterocycles. The van der Waals surface area contributed by atoms with Gasteiger partial charge < -0.3 is 15.2 Å². The Morgan fingerprint density at radius 3 is 2.61 bits per heavy atom. The molecule has 3 nitrogen and oxygen atoms in total. The number of ether oxygens (including phenoxy) is 1. The van der Waals surface area contributed by atoms with Gasteiger partial charge in [0.1, 0.15) is 5.75 Å². The fourth-order valence-corrected chi connectivity index (χ4v) is 2.87. The van der Waals surface area contributed by atoms with Gasteiger partial charge in [-0.1, -0.05) is 19.1 Å². The van der Waals surface area contributed by atoms with Crippen LogP contribution in [-0.4, -0.2) is 30.4 Å². The average Bonchev–Trinajstić information content (AvgIpc) is 2.80. The minimum absolute atomic E-state index is 0.165. The first-order valence-electron chi connectivity index (χ1n) is 6.73. The number of hydrogen-bond donors (Lipinski definition) is 2. The Bertz CT molecular complexity index is 377. The number of nitrogens with one attached hydrogen (secondary N) is 1. The van der Waals surface area contributed by atoms with Gasteiger partial charge in [-0.25, -0.2) is 0 Å².